The van der Waals surface area contributed by atoms with Gasteiger partial charge in [0.2, 0.25) is 0 Å². The summed E-state index contributed by atoms with van der Waals surface area (Å²) >= 11 is 5.92. The van der Waals surface area contributed by atoms with Gasteiger partial charge in [0.25, 0.3) is 0 Å². The van der Waals surface area contributed by atoms with E-state index < -0.39 is 0 Å². The van der Waals surface area contributed by atoms with Crippen molar-refractivity contribution in [2.45, 2.75) is 38.2 Å². The zero-order valence-electron chi connectivity index (χ0n) is 9.62. The van der Waals surface area contributed by atoms with E-state index in [4.69, 9.17) is 16.3 Å². The third-order valence-electron chi connectivity index (χ3n) is 4.11. The Kier molecular flexibility index (Phi) is 2.62. The average Bonchev–Trinajstić information content (AvgIpc) is 2.80. The minimum atomic E-state index is -0.164. The second-order valence-corrected chi connectivity index (χ2v) is 5.49. The van der Waals surface area contributed by atoms with Crippen molar-refractivity contribution in [1.29, 1.82) is 0 Å². The molecule has 2 nitrogen and oxygen atoms in total. The van der Waals surface area contributed by atoms with E-state index in [2.05, 4.69) is 0 Å². The molecule has 3 heteroatoms. The van der Waals surface area contributed by atoms with Crippen LogP contribution in [-0.2, 0) is 4.79 Å². The molecule has 1 atom stereocenters. The molecule has 2 aliphatic rings. The van der Waals surface area contributed by atoms with Crippen LogP contribution in [0.2, 0.25) is 5.02 Å². The maximum atomic E-state index is 11.8. The first-order valence-electron chi connectivity index (χ1n) is 6.16. The van der Waals surface area contributed by atoms with Crippen molar-refractivity contribution in [3.8, 4) is 5.75 Å². The standard InChI is InChI=1S/C14H15ClO2/c15-10-4-3-5-11(8-10)17-13-9-12(16)14(13)6-1-2-7-14/h3-5,8,13H,1-2,6-7,9H2. The van der Waals surface area contributed by atoms with Gasteiger partial charge >= 0.3 is 0 Å². The topological polar surface area (TPSA) is 26.3 Å². The molecule has 0 amide bonds. The Morgan fingerprint density at radius 3 is 2.71 bits per heavy atom. The van der Waals surface area contributed by atoms with Crippen LogP contribution in [0.3, 0.4) is 0 Å². The van der Waals surface area contributed by atoms with Crippen molar-refractivity contribution >= 4 is 17.4 Å². The summed E-state index contributed by atoms with van der Waals surface area (Å²) in [6.45, 7) is 0. The Labute approximate surface area is 106 Å². The van der Waals surface area contributed by atoms with Crippen LogP contribution in [-0.4, -0.2) is 11.9 Å². The van der Waals surface area contributed by atoms with Crippen molar-refractivity contribution < 1.29 is 9.53 Å². The number of hydrogen-bond acceptors (Lipinski definition) is 2. The van der Waals surface area contributed by atoms with Crippen LogP contribution in [0, 0.1) is 5.41 Å². The monoisotopic (exact) mass is 250 g/mol. The van der Waals surface area contributed by atoms with E-state index in [1.165, 1.54) is 0 Å². The highest BCUT2D eigenvalue weighted by molar-refractivity contribution is 6.30. The molecular weight excluding hydrogens is 236 g/mol. The number of ether oxygens (including phenoxy) is 1. The van der Waals surface area contributed by atoms with E-state index in [1.54, 1.807) is 0 Å². The first kappa shape index (κ1) is 11.1. The number of carbonyl (C=O) groups is 1. The van der Waals surface area contributed by atoms with Gasteiger partial charge < -0.3 is 4.74 Å². The third-order valence-corrected chi connectivity index (χ3v) is 4.35. The van der Waals surface area contributed by atoms with Crippen LogP contribution in [0.1, 0.15) is 32.1 Å². The largest absolute Gasteiger partial charge is 0.489 e. The maximum absolute atomic E-state index is 11.8. The number of benzene rings is 1. The van der Waals surface area contributed by atoms with E-state index in [9.17, 15) is 4.79 Å². The van der Waals surface area contributed by atoms with E-state index in [0.29, 0.717) is 17.2 Å². The molecule has 0 aliphatic heterocycles. The molecule has 3 rings (SSSR count). The maximum Gasteiger partial charge on any atom is 0.146 e. The predicted octanol–water partition coefficient (Wildman–Crippen LogP) is 3.62. The SMILES string of the molecule is O=C1CC(Oc2cccc(Cl)c2)C12CCCC2. The van der Waals surface area contributed by atoms with Gasteiger partial charge in [0.15, 0.2) is 0 Å². The first-order chi connectivity index (χ1) is 8.21. The molecule has 1 aromatic carbocycles. The summed E-state index contributed by atoms with van der Waals surface area (Å²) in [5, 5.41) is 0.675. The third kappa shape index (κ3) is 1.75. The van der Waals surface area contributed by atoms with E-state index in [1.807, 2.05) is 24.3 Å². The number of hydrogen-bond donors (Lipinski definition) is 0. The van der Waals surface area contributed by atoms with Crippen molar-refractivity contribution in [2.75, 3.05) is 0 Å². The predicted molar refractivity (Wildman–Crippen MR) is 66.4 cm³/mol. The molecular formula is C14H15ClO2. The molecule has 17 heavy (non-hydrogen) atoms. The van der Waals surface area contributed by atoms with Gasteiger partial charge in [-0.15, -0.1) is 0 Å². The Hall–Kier alpha value is -1.02. The smallest absolute Gasteiger partial charge is 0.146 e. The highest BCUT2D eigenvalue weighted by Crippen LogP contribution is 2.52. The lowest BCUT2D eigenvalue weighted by atomic mass is 9.63. The molecule has 1 unspecified atom stereocenters. The molecule has 0 bridgehead atoms. The van der Waals surface area contributed by atoms with Crippen molar-refractivity contribution in [3.05, 3.63) is 29.3 Å². The molecule has 0 radical (unpaired) electrons. The average molecular weight is 251 g/mol. The van der Waals surface area contributed by atoms with Gasteiger partial charge in [-0.3, -0.25) is 4.79 Å². The zero-order valence-corrected chi connectivity index (χ0v) is 10.4. The summed E-state index contributed by atoms with van der Waals surface area (Å²) in [6.07, 6.45) is 4.93. The Bertz CT molecular complexity index is 449. The lowest BCUT2D eigenvalue weighted by Crippen LogP contribution is -2.55. The lowest BCUT2D eigenvalue weighted by Gasteiger charge is -2.44. The number of rotatable bonds is 2. The van der Waals surface area contributed by atoms with Gasteiger partial charge in [-0.25, -0.2) is 0 Å². The van der Waals surface area contributed by atoms with Crippen LogP contribution in [0.15, 0.2) is 24.3 Å². The Morgan fingerprint density at radius 2 is 2.06 bits per heavy atom. The fraction of sp³-hybridized carbons (Fsp3) is 0.500. The van der Waals surface area contributed by atoms with E-state index >= 15 is 0 Å². The van der Waals surface area contributed by atoms with Crippen molar-refractivity contribution in [2.24, 2.45) is 5.41 Å². The molecule has 1 aromatic rings. The molecule has 2 saturated carbocycles. The molecule has 2 aliphatic carbocycles. The quantitative estimate of drug-likeness (QED) is 0.801. The Morgan fingerprint density at radius 1 is 1.29 bits per heavy atom. The van der Waals surface area contributed by atoms with Crippen LogP contribution < -0.4 is 4.74 Å². The van der Waals surface area contributed by atoms with Gasteiger partial charge in [-0.1, -0.05) is 30.5 Å². The fourth-order valence-electron chi connectivity index (χ4n) is 3.08. The van der Waals surface area contributed by atoms with Crippen molar-refractivity contribution in [1.82, 2.24) is 0 Å². The summed E-state index contributed by atoms with van der Waals surface area (Å²) in [4.78, 5) is 11.8. The lowest BCUT2D eigenvalue weighted by molar-refractivity contribution is -0.151. The summed E-state index contributed by atoms with van der Waals surface area (Å²) in [5.74, 6) is 1.17. The van der Waals surface area contributed by atoms with Crippen LogP contribution >= 0.6 is 11.6 Å². The molecule has 1 spiro atoms. The fourth-order valence-corrected chi connectivity index (χ4v) is 3.26. The van der Waals surface area contributed by atoms with E-state index in [0.717, 1.165) is 31.4 Å². The molecule has 0 N–H and O–H groups in total. The van der Waals surface area contributed by atoms with E-state index in [-0.39, 0.29) is 11.5 Å². The highest BCUT2D eigenvalue weighted by Gasteiger charge is 2.57. The first-order valence-corrected chi connectivity index (χ1v) is 6.54. The summed E-state index contributed by atoms with van der Waals surface area (Å²) < 4.78 is 5.93. The Balaban J connectivity index is 1.76. The number of carbonyl (C=O) groups excluding carboxylic acids is 1. The molecule has 0 aromatic heterocycles. The number of ketones is 1. The van der Waals surface area contributed by atoms with Gasteiger partial charge in [-0.05, 0) is 31.0 Å². The van der Waals surface area contributed by atoms with Gasteiger partial charge in [0.05, 0.1) is 5.41 Å². The van der Waals surface area contributed by atoms with Gasteiger partial charge in [0, 0.05) is 11.4 Å². The minimum Gasteiger partial charge on any atom is -0.489 e. The van der Waals surface area contributed by atoms with Crippen molar-refractivity contribution in [3.63, 3.8) is 0 Å². The van der Waals surface area contributed by atoms with Crippen LogP contribution in [0.4, 0.5) is 0 Å². The molecule has 2 fully saturated rings. The highest BCUT2D eigenvalue weighted by atomic mass is 35.5. The van der Waals surface area contributed by atoms with Gasteiger partial charge in [0.1, 0.15) is 17.6 Å². The molecule has 0 heterocycles. The summed E-state index contributed by atoms with van der Waals surface area (Å²) in [6, 6.07) is 7.41. The van der Waals surface area contributed by atoms with Crippen LogP contribution in [0.5, 0.6) is 5.75 Å². The number of halogens is 1. The normalized spacial score (nSPS) is 25.9. The second kappa shape index (κ2) is 4.02. The van der Waals surface area contributed by atoms with Gasteiger partial charge in [-0.2, -0.15) is 0 Å². The molecule has 0 saturated heterocycles. The summed E-state index contributed by atoms with van der Waals surface area (Å²) in [7, 11) is 0. The minimum absolute atomic E-state index is 0.0657. The van der Waals surface area contributed by atoms with Crippen LogP contribution in [0.25, 0.3) is 0 Å². The molecule has 90 valence electrons. The number of Topliss-reactive ketones (excluding diaryl/α,β-unsaturated/α-hetero) is 1. The zero-order chi connectivity index (χ0) is 11.9. The summed E-state index contributed by atoms with van der Waals surface area (Å²) in [5.41, 5.74) is -0.164. The second-order valence-electron chi connectivity index (χ2n) is 5.05.